The van der Waals surface area contributed by atoms with E-state index in [9.17, 15) is 13.2 Å². The highest BCUT2D eigenvalue weighted by Crippen LogP contribution is 2.33. The van der Waals surface area contributed by atoms with Gasteiger partial charge in [0.15, 0.2) is 20.0 Å². The molecule has 6 nitrogen and oxygen atoms in total. The first-order valence-corrected chi connectivity index (χ1v) is 11.6. The zero-order valence-electron chi connectivity index (χ0n) is 14.8. The first-order chi connectivity index (χ1) is 13.0. The Bertz CT molecular complexity index is 941. The standard InChI is InChI=1S/C19H21N3O3S2/c23-18(22-19-20-9-10-26-19)16(11-13-3-1-2-4-13)14-5-8-17(21-12-14)27(24,25)15-6-7-15/h5,8-13,15H,1-4,6-7H2,(H,20,22,23)/b16-11+. The van der Waals surface area contributed by atoms with Crippen molar-refractivity contribution in [2.75, 3.05) is 5.32 Å². The molecule has 2 aromatic rings. The molecule has 0 atom stereocenters. The van der Waals surface area contributed by atoms with Crippen LogP contribution in [-0.2, 0) is 14.6 Å². The summed E-state index contributed by atoms with van der Waals surface area (Å²) in [6.07, 6.45) is 11.0. The Morgan fingerprint density at radius 3 is 2.52 bits per heavy atom. The third-order valence-corrected chi connectivity index (χ3v) is 7.86. The number of allylic oxidation sites excluding steroid dienone is 1. The Labute approximate surface area is 162 Å². The molecule has 2 aliphatic rings. The van der Waals surface area contributed by atoms with Crippen molar-refractivity contribution in [1.29, 1.82) is 0 Å². The first kappa shape index (κ1) is 18.3. The van der Waals surface area contributed by atoms with Crippen molar-refractivity contribution in [3.63, 3.8) is 0 Å². The molecule has 0 aromatic carbocycles. The highest BCUT2D eigenvalue weighted by atomic mass is 32.2. The third-order valence-electron chi connectivity index (χ3n) is 5.00. The second kappa shape index (κ2) is 7.52. The van der Waals surface area contributed by atoms with Crippen LogP contribution in [0.15, 0.2) is 41.0 Å². The number of aromatic nitrogens is 2. The van der Waals surface area contributed by atoms with E-state index < -0.39 is 9.84 Å². The van der Waals surface area contributed by atoms with E-state index >= 15 is 0 Å². The molecule has 8 heteroatoms. The van der Waals surface area contributed by atoms with Crippen LogP contribution in [0.5, 0.6) is 0 Å². The van der Waals surface area contributed by atoms with Crippen molar-refractivity contribution in [2.24, 2.45) is 5.92 Å². The van der Waals surface area contributed by atoms with Gasteiger partial charge in [-0.15, -0.1) is 11.3 Å². The first-order valence-electron chi connectivity index (χ1n) is 9.17. The van der Waals surface area contributed by atoms with E-state index in [-0.39, 0.29) is 16.2 Å². The van der Waals surface area contributed by atoms with Crippen molar-refractivity contribution in [2.45, 2.75) is 48.8 Å². The van der Waals surface area contributed by atoms with E-state index in [1.807, 2.05) is 6.08 Å². The van der Waals surface area contributed by atoms with Crippen molar-refractivity contribution in [3.8, 4) is 0 Å². The number of pyridine rings is 1. The van der Waals surface area contributed by atoms with Gasteiger partial charge in [0.2, 0.25) is 0 Å². The quantitative estimate of drug-likeness (QED) is 0.743. The molecule has 142 valence electrons. The summed E-state index contributed by atoms with van der Waals surface area (Å²) >= 11 is 1.36. The minimum atomic E-state index is -3.33. The van der Waals surface area contributed by atoms with Gasteiger partial charge in [-0.2, -0.15) is 0 Å². The van der Waals surface area contributed by atoms with E-state index in [0.717, 1.165) is 12.8 Å². The molecule has 2 heterocycles. The molecule has 0 radical (unpaired) electrons. The van der Waals surface area contributed by atoms with Crippen molar-refractivity contribution < 1.29 is 13.2 Å². The Balaban J connectivity index is 1.62. The second-order valence-corrected chi connectivity index (χ2v) is 10.1. The topological polar surface area (TPSA) is 89.0 Å². The lowest BCUT2D eigenvalue weighted by molar-refractivity contribution is -0.111. The summed E-state index contributed by atoms with van der Waals surface area (Å²) in [5.74, 6) is 0.119. The van der Waals surface area contributed by atoms with E-state index in [0.29, 0.717) is 35.0 Å². The maximum Gasteiger partial charge on any atom is 0.257 e. The number of sulfone groups is 1. The van der Waals surface area contributed by atoms with Gasteiger partial charge in [-0.3, -0.25) is 10.1 Å². The molecule has 1 N–H and O–H groups in total. The molecule has 2 aromatic heterocycles. The molecular formula is C19H21N3O3S2. The molecular weight excluding hydrogens is 382 g/mol. The molecule has 2 saturated carbocycles. The van der Waals surface area contributed by atoms with Gasteiger partial charge in [-0.05, 0) is 43.7 Å². The van der Waals surface area contributed by atoms with Crippen LogP contribution in [0.4, 0.5) is 5.13 Å². The van der Waals surface area contributed by atoms with E-state index in [2.05, 4.69) is 15.3 Å². The van der Waals surface area contributed by atoms with Gasteiger partial charge in [0.25, 0.3) is 5.91 Å². The van der Waals surface area contributed by atoms with E-state index in [4.69, 9.17) is 0 Å². The fraction of sp³-hybridized carbons (Fsp3) is 0.421. The number of amides is 1. The summed E-state index contributed by atoms with van der Waals surface area (Å²) in [6, 6.07) is 3.20. The molecule has 0 spiro atoms. The summed E-state index contributed by atoms with van der Waals surface area (Å²) in [7, 11) is -3.33. The Morgan fingerprint density at radius 2 is 1.93 bits per heavy atom. The van der Waals surface area contributed by atoms with Crippen molar-refractivity contribution in [3.05, 3.63) is 41.5 Å². The lowest BCUT2D eigenvalue weighted by Gasteiger charge is -2.11. The molecule has 2 fully saturated rings. The summed E-state index contributed by atoms with van der Waals surface area (Å²) in [4.78, 5) is 21.1. The van der Waals surface area contributed by atoms with E-state index in [1.165, 1.54) is 36.4 Å². The van der Waals surface area contributed by atoms with Crippen LogP contribution in [-0.4, -0.2) is 29.5 Å². The number of carbonyl (C=O) groups is 1. The Kier molecular flexibility index (Phi) is 5.10. The molecule has 2 aliphatic carbocycles. The van der Waals surface area contributed by atoms with Gasteiger partial charge >= 0.3 is 0 Å². The predicted molar refractivity (Wildman–Crippen MR) is 105 cm³/mol. The smallest absolute Gasteiger partial charge is 0.257 e. The summed E-state index contributed by atoms with van der Waals surface area (Å²) in [5, 5.41) is 4.96. The highest BCUT2D eigenvalue weighted by molar-refractivity contribution is 7.92. The number of rotatable bonds is 6. The largest absolute Gasteiger partial charge is 0.298 e. The van der Waals surface area contributed by atoms with Gasteiger partial charge in [-0.25, -0.2) is 18.4 Å². The number of thiazole rings is 1. The lowest BCUT2D eigenvalue weighted by Crippen LogP contribution is -2.15. The predicted octanol–water partition coefficient (Wildman–Crippen LogP) is 3.69. The molecule has 1 amide bonds. The number of nitrogens with one attached hydrogen (secondary N) is 1. The van der Waals surface area contributed by atoms with Crippen molar-refractivity contribution >= 4 is 37.8 Å². The van der Waals surface area contributed by atoms with Crippen molar-refractivity contribution in [1.82, 2.24) is 9.97 Å². The van der Waals surface area contributed by atoms with Gasteiger partial charge < -0.3 is 0 Å². The average molecular weight is 404 g/mol. The fourth-order valence-electron chi connectivity index (χ4n) is 3.37. The van der Waals surface area contributed by atoms with E-state index in [1.54, 1.807) is 17.6 Å². The average Bonchev–Trinajstić information content (AvgIpc) is 3.18. The fourth-order valence-corrected chi connectivity index (χ4v) is 5.45. The summed E-state index contributed by atoms with van der Waals surface area (Å²) in [5.41, 5.74) is 1.16. The number of hydrogen-bond acceptors (Lipinski definition) is 6. The summed E-state index contributed by atoms with van der Waals surface area (Å²) < 4.78 is 24.7. The Morgan fingerprint density at radius 1 is 1.15 bits per heavy atom. The zero-order valence-corrected chi connectivity index (χ0v) is 16.4. The molecule has 0 aliphatic heterocycles. The number of anilines is 1. The van der Waals surface area contributed by atoms with Crippen LogP contribution in [0.3, 0.4) is 0 Å². The van der Waals surface area contributed by atoms with Gasteiger partial charge in [0.05, 0.1) is 5.25 Å². The molecule has 0 unspecified atom stereocenters. The molecule has 27 heavy (non-hydrogen) atoms. The lowest BCUT2D eigenvalue weighted by atomic mass is 9.99. The van der Waals surface area contributed by atoms with Crippen LogP contribution >= 0.6 is 11.3 Å². The highest BCUT2D eigenvalue weighted by Gasteiger charge is 2.37. The monoisotopic (exact) mass is 403 g/mol. The zero-order chi connectivity index (χ0) is 18.9. The SMILES string of the molecule is O=C(Nc1nccs1)/C(=C/C1CCCC1)c1ccc(S(=O)(=O)C2CC2)nc1. The van der Waals surface area contributed by atoms with Crippen LogP contribution in [0.1, 0.15) is 44.1 Å². The van der Waals surface area contributed by atoms with Gasteiger partial charge in [0.1, 0.15) is 0 Å². The maximum atomic E-state index is 12.8. The molecule has 4 rings (SSSR count). The Hall–Kier alpha value is -2.06. The minimum absolute atomic E-state index is 0.0919. The minimum Gasteiger partial charge on any atom is -0.298 e. The van der Waals surface area contributed by atoms with Crippen LogP contribution < -0.4 is 5.32 Å². The van der Waals surface area contributed by atoms with Crippen LogP contribution in [0, 0.1) is 5.92 Å². The third kappa shape index (κ3) is 4.11. The van der Waals surface area contributed by atoms with Gasteiger partial charge in [-0.1, -0.05) is 18.9 Å². The number of hydrogen-bond donors (Lipinski definition) is 1. The molecule has 0 saturated heterocycles. The second-order valence-electron chi connectivity index (χ2n) is 7.05. The number of nitrogens with zero attached hydrogens (tertiary/aromatic N) is 2. The number of carbonyl (C=O) groups excluding carboxylic acids is 1. The van der Waals surface area contributed by atoms with Gasteiger partial charge in [0, 0.05) is 28.9 Å². The maximum absolute atomic E-state index is 12.8. The molecule has 0 bridgehead atoms. The van der Waals surface area contributed by atoms with Crippen LogP contribution in [0.2, 0.25) is 0 Å². The van der Waals surface area contributed by atoms with Crippen LogP contribution in [0.25, 0.3) is 5.57 Å². The summed E-state index contributed by atoms with van der Waals surface area (Å²) in [6.45, 7) is 0. The normalized spacial score (nSPS) is 18.6.